The molecule has 0 aliphatic carbocycles. The fourth-order valence-corrected chi connectivity index (χ4v) is 2.98. The third-order valence-electron chi connectivity index (χ3n) is 3.94. The number of nitrogens with two attached hydrogens (primary N) is 1. The van der Waals surface area contributed by atoms with Gasteiger partial charge in [-0.2, -0.15) is 0 Å². The Hall–Kier alpha value is -2.06. The number of fused-ring (bicyclic) bond motifs is 1. The minimum Gasteiger partial charge on any atom is -0.461 e. The van der Waals surface area contributed by atoms with Gasteiger partial charge in [0.25, 0.3) is 0 Å². The van der Waals surface area contributed by atoms with E-state index in [-0.39, 0.29) is 6.04 Å². The SMILES string of the molecule is CCc1oc2ccccc2c1C(N)Cc1cccc(C)c1. The number of para-hydroxylation sites is 1. The van der Waals surface area contributed by atoms with Gasteiger partial charge >= 0.3 is 0 Å². The first-order valence-corrected chi connectivity index (χ1v) is 7.50. The quantitative estimate of drug-likeness (QED) is 0.761. The summed E-state index contributed by atoms with van der Waals surface area (Å²) in [6, 6.07) is 16.7. The zero-order valence-electron chi connectivity index (χ0n) is 12.6. The lowest BCUT2D eigenvalue weighted by molar-refractivity contribution is 0.540. The summed E-state index contributed by atoms with van der Waals surface area (Å²) in [4.78, 5) is 0. The maximum atomic E-state index is 6.50. The van der Waals surface area contributed by atoms with Crippen molar-refractivity contribution in [3.8, 4) is 0 Å². The molecule has 2 heteroatoms. The molecule has 0 radical (unpaired) electrons. The van der Waals surface area contributed by atoms with Crippen molar-refractivity contribution in [2.45, 2.75) is 32.7 Å². The summed E-state index contributed by atoms with van der Waals surface area (Å²) >= 11 is 0. The van der Waals surface area contributed by atoms with Gasteiger partial charge in [-0.1, -0.05) is 55.0 Å². The fourth-order valence-electron chi connectivity index (χ4n) is 2.98. The predicted octanol–water partition coefficient (Wildman–Crippen LogP) is 4.55. The highest BCUT2D eigenvalue weighted by Crippen LogP contribution is 2.31. The van der Waals surface area contributed by atoms with Gasteiger partial charge in [0.05, 0.1) is 0 Å². The van der Waals surface area contributed by atoms with Crippen molar-refractivity contribution in [1.29, 1.82) is 0 Å². The van der Waals surface area contributed by atoms with Gasteiger partial charge < -0.3 is 10.2 Å². The molecule has 2 N–H and O–H groups in total. The highest BCUT2D eigenvalue weighted by atomic mass is 16.3. The van der Waals surface area contributed by atoms with E-state index in [0.717, 1.165) is 35.1 Å². The molecule has 0 bridgehead atoms. The van der Waals surface area contributed by atoms with E-state index >= 15 is 0 Å². The van der Waals surface area contributed by atoms with E-state index in [9.17, 15) is 0 Å². The fraction of sp³-hybridized carbons (Fsp3) is 0.263. The van der Waals surface area contributed by atoms with E-state index in [4.69, 9.17) is 10.2 Å². The molecule has 0 saturated heterocycles. The summed E-state index contributed by atoms with van der Waals surface area (Å²) < 4.78 is 5.95. The van der Waals surface area contributed by atoms with E-state index in [1.165, 1.54) is 11.1 Å². The van der Waals surface area contributed by atoms with Crippen LogP contribution in [-0.2, 0) is 12.8 Å². The van der Waals surface area contributed by atoms with Gasteiger partial charge in [-0.25, -0.2) is 0 Å². The Kier molecular flexibility index (Phi) is 3.80. The Morgan fingerprint density at radius 3 is 2.67 bits per heavy atom. The molecule has 21 heavy (non-hydrogen) atoms. The summed E-state index contributed by atoms with van der Waals surface area (Å²) in [6.45, 7) is 4.22. The molecule has 108 valence electrons. The van der Waals surface area contributed by atoms with Gasteiger partial charge in [-0.05, 0) is 25.0 Å². The highest BCUT2D eigenvalue weighted by Gasteiger charge is 2.19. The Morgan fingerprint density at radius 1 is 1.10 bits per heavy atom. The van der Waals surface area contributed by atoms with Crippen molar-refractivity contribution in [2.75, 3.05) is 0 Å². The van der Waals surface area contributed by atoms with Crippen molar-refractivity contribution >= 4 is 11.0 Å². The van der Waals surface area contributed by atoms with E-state index < -0.39 is 0 Å². The van der Waals surface area contributed by atoms with Crippen LogP contribution in [0.1, 0.15) is 35.4 Å². The van der Waals surface area contributed by atoms with Crippen LogP contribution in [0.3, 0.4) is 0 Å². The molecule has 1 unspecified atom stereocenters. The molecular formula is C19H21NO. The standard InChI is InChI=1S/C19H21NO/c1-3-17-19(15-9-4-5-10-18(15)21-17)16(20)12-14-8-6-7-13(2)11-14/h4-11,16H,3,12,20H2,1-2H3. The molecule has 0 aliphatic rings. The second-order valence-corrected chi connectivity index (χ2v) is 5.59. The Morgan fingerprint density at radius 2 is 1.90 bits per heavy atom. The molecule has 3 rings (SSSR count). The highest BCUT2D eigenvalue weighted by molar-refractivity contribution is 5.82. The van der Waals surface area contributed by atoms with Gasteiger partial charge in [-0.3, -0.25) is 0 Å². The smallest absolute Gasteiger partial charge is 0.134 e. The zero-order valence-corrected chi connectivity index (χ0v) is 12.6. The third kappa shape index (κ3) is 2.72. The first-order chi connectivity index (χ1) is 10.2. The largest absolute Gasteiger partial charge is 0.461 e. The third-order valence-corrected chi connectivity index (χ3v) is 3.94. The van der Waals surface area contributed by atoms with Crippen molar-refractivity contribution in [3.63, 3.8) is 0 Å². The number of hydrogen-bond acceptors (Lipinski definition) is 2. The minimum absolute atomic E-state index is 0.0367. The van der Waals surface area contributed by atoms with Crippen LogP contribution in [0.2, 0.25) is 0 Å². The van der Waals surface area contributed by atoms with Crippen LogP contribution in [-0.4, -0.2) is 0 Å². The number of furan rings is 1. The Labute approximate surface area is 125 Å². The number of benzene rings is 2. The van der Waals surface area contributed by atoms with Crippen LogP contribution in [0.15, 0.2) is 52.9 Å². The van der Waals surface area contributed by atoms with Gasteiger partial charge in [0.1, 0.15) is 11.3 Å². The second-order valence-electron chi connectivity index (χ2n) is 5.59. The Bertz CT molecular complexity index is 757. The van der Waals surface area contributed by atoms with E-state index in [0.29, 0.717) is 0 Å². The van der Waals surface area contributed by atoms with Gasteiger partial charge in [0, 0.05) is 23.4 Å². The molecule has 0 amide bonds. The summed E-state index contributed by atoms with van der Waals surface area (Å²) in [5.41, 5.74) is 11.1. The number of aryl methyl sites for hydroxylation is 2. The van der Waals surface area contributed by atoms with Crippen LogP contribution < -0.4 is 5.73 Å². The number of hydrogen-bond donors (Lipinski definition) is 1. The zero-order chi connectivity index (χ0) is 14.8. The van der Waals surface area contributed by atoms with Crippen LogP contribution in [0.4, 0.5) is 0 Å². The van der Waals surface area contributed by atoms with E-state index in [2.05, 4.69) is 44.2 Å². The summed E-state index contributed by atoms with van der Waals surface area (Å²) in [6.07, 6.45) is 1.70. The van der Waals surface area contributed by atoms with E-state index in [1.807, 2.05) is 18.2 Å². The molecular weight excluding hydrogens is 258 g/mol. The molecule has 0 aliphatic heterocycles. The minimum atomic E-state index is -0.0367. The lowest BCUT2D eigenvalue weighted by atomic mass is 9.95. The van der Waals surface area contributed by atoms with Crippen molar-refractivity contribution < 1.29 is 4.42 Å². The predicted molar refractivity (Wildman–Crippen MR) is 87.4 cm³/mol. The maximum Gasteiger partial charge on any atom is 0.134 e. The summed E-state index contributed by atoms with van der Waals surface area (Å²) in [7, 11) is 0. The molecule has 0 fully saturated rings. The van der Waals surface area contributed by atoms with Crippen molar-refractivity contribution in [2.24, 2.45) is 5.73 Å². The molecule has 1 heterocycles. The van der Waals surface area contributed by atoms with Crippen LogP contribution in [0, 0.1) is 6.92 Å². The normalized spacial score (nSPS) is 12.7. The second kappa shape index (κ2) is 5.74. The molecule has 3 aromatic rings. The summed E-state index contributed by atoms with van der Waals surface area (Å²) in [5, 5.41) is 1.15. The topological polar surface area (TPSA) is 39.2 Å². The molecule has 1 aromatic heterocycles. The first kappa shape index (κ1) is 13.9. The molecule has 2 aromatic carbocycles. The monoisotopic (exact) mass is 279 g/mol. The molecule has 0 spiro atoms. The number of rotatable bonds is 4. The molecule has 1 atom stereocenters. The Balaban J connectivity index is 1.99. The first-order valence-electron chi connectivity index (χ1n) is 7.50. The van der Waals surface area contributed by atoms with Gasteiger partial charge in [-0.15, -0.1) is 0 Å². The van der Waals surface area contributed by atoms with Crippen molar-refractivity contribution in [3.05, 3.63) is 71.0 Å². The van der Waals surface area contributed by atoms with Crippen LogP contribution in [0.25, 0.3) is 11.0 Å². The average molecular weight is 279 g/mol. The van der Waals surface area contributed by atoms with Crippen molar-refractivity contribution in [1.82, 2.24) is 0 Å². The van der Waals surface area contributed by atoms with E-state index in [1.54, 1.807) is 0 Å². The van der Waals surface area contributed by atoms with Gasteiger partial charge in [0.2, 0.25) is 0 Å². The lowest BCUT2D eigenvalue weighted by Gasteiger charge is -2.13. The molecule has 0 saturated carbocycles. The van der Waals surface area contributed by atoms with Crippen LogP contribution in [0.5, 0.6) is 0 Å². The molecule has 2 nitrogen and oxygen atoms in total. The average Bonchev–Trinajstić information content (AvgIpc) is 2.85. The van der Waals surface area contributed by atoms with Gasteiger partial charge in [0.15, 0.2) is 0 Å². The lowest BCUT2D eigenvalue weighted by Crippen LogP contribution is -2.14. The summed E-state index contributed by atoms with van der Waals surface area (Å²) in [5.74, 6) is 1.01. The van der Waals surface area contributed by atoms with Crippen LogP contribution >= 0.6 is 0 Å². The maximum absolute atomic E-state index is 6.50.